The summed E-state index contributed by atoms with van der Waals surface area (Å²) >= 11 is 0. The maximum atomic E-state index is 13.3. The van der Waals surface area contributed by atoms with Crippen LogP contribution in [0.2, 0.25) is 0 Å². The Labute approximate surface area is 201 Å². The molecule has 192 valence electrons. The average molecular weight is 531 g/mol. The molecule has 1 atom stereocenters. The number of pyridine rings is 2. The molecule has 0 saturated heterocycles. The maximum Gasteiger partial charge on any atom is 0.417 e. The topological polar surface area (TPSA) is 101 Å². The molecule has 1 aliphatic carbocycles. The highest BCUT2D eigenvalue weighted by Gasteiger charge is 2.39. The first-order valence-corrected chi connectivity index (χ1v) is 12.2. The SMILES string of the molecule is Cc1nc(-c2c(C#N)c3cc(C(F)(F)F)cnc3n2C2CCC2)ccc1S(=O)(=O)N[C@@H](C)C(F)(F)F. The molecule has 0 aliphatic heterocycles. The summed E-state index contributed by atoms with van der Waals surface area (Å²) in [5, 5.41) is 9.85. The largest absolute Gasteiger partial charge is 0.417 e. The lowest BCUT2D eigenvalue weighted by Gasteiger charge is -2.29. The van der Waals surface area contributed by atoms with Crippen molar-refractivity contribution in [2.75, 3.05) is 0 Å². The van der Waals surface area contributed by atoms with Crippen LogP contribution in [0, 0.1) is 18.3 Å². The van der Waals surface area contributed by atoms with Gasteiger partial charge in [-0.2, -0.15) is 36.3 Å². The molecule has 3 heterocycles. The smallest absolute Gasteiger partial charge is 0.320 e. The number of nitriles is 1. The number of hydrogen-bond acceptors (Lipinski definition) is 5. The zero-order valence-electron chi connectivity index (χ0n) is 18.9. The normalized spacial score (nSPS) is 16.1. The van der Waals surface area contributed by atoms with Crippen LogP contribution < -0.4 is 4.72 Å². The van der Waals surface area contributed by atoms with Crippen molar-refractivity contribution < 1.29 is 34.8 Å². The Morgan fingerprint density at radius 3 is 2.36 bits per heavy atom. The van der Waals surface area contributed by atoms with E-state index < -0.39 is 38.9 Å². The number of nitrogens with one attached hydrogen (secondary N) is 1. The maximum absolute atomic E-state index is 13.3. The number of rotatable bonds is 5. The number of alkyl halides is 6. The summed E-state index contributed by atoms with van der Waals surface area (Å²) in [5.74, 6) is 0. The third-order valence-corrected chi connectivity index (χ3v) is 7.79. The number of sulfonamides is 1. The van der Waals surface area contributed by atoms with Crippen LogP contribution in [0.25, 0.3) is 22.4 Å². The van der Waals surface area contributed by atoms with E-state index in [0.717, 1.165) is 18.6 Å². The molecule has 14 heteroatoms. The van der Waals surface area contributed by atoms with Gasteiger partial charge in [-0.15, -0.1) is 0 Å². The Bertz CT molecular complexity index is 1480. The minimum atomic E-state index is -4.80. The van der Waals surface area contributed by atoms with E-state index in [9.17, 15) is 40.0 Å². The fraction of sp³-hybridized carbons (Fsp3) is 0.409. The van der Waals surface area contributed by atoms with Crippen molar-refractivity contribution >= 4 is 21.1 Å². The monoisotopic (exact) mass is 531 g/mol. The van der Waals surface area contributed by atoms with Crippen LogP contribution in [0.4, 0.5) is 26.3 Å². The zero-order valence-corrected chi connectivity index (χ0v) is 19.7. The number of nitrogens with zero attached hydrogens (tertiary/aromatic N) is 4. The first kappa shape index (κ1) is 25.9. The summed E-state index contributed by atoms with van der Waals surface area (Å²) in [6.45, 7) is 1.94. The molecule has 0 bridgehead atoms. The summed E-state index contributed by atoms with van der Waals surface area (Å²) < 4.78 is 107. The molecular weight excluding hydrogens is 512 g/mol. The highest BCUT2D eigenvalue weighted by molar-refractivity contribution is 7.89. The van der Waals surface area contributed by atoms with Crippen molar-refractivity contribution in [3.63, 3.8) is 0 Å². The second kappa shape index (κ2) is 8.74. The molecule has 1 N–H and O–H groups in total. The summed E-state index contributed by atoms with van der Waals surface area (Å²) in [6, 6.07) is 2.53. The predicted molar refractivity (Wildman–Crippen MR) is 116 cm³/mol. The molecule has 3 aromatic heterocycles. The van der Waals surface area contributed by atoms with Crippen LogP contribution in [0.1, 0.15) is 49.0 Å². The van der Waals surface area contributed by atoms with Crippen molar-refractivity contribution in [2.45, 2.75) is 62.4 Å². The van der Waals surface area contributed by atoms with Gasteiger partial charge in [-0.1, -0.05) is 0 Å². The van der Waals surface area contributed by atoms with Crippen molar-refractivity contribution in [1.82, 2.24) is 19.3 Å². The van der Waals surface area contributed by atoms with E-state index >= 15 is 0 Å². The first-order valence-electron chi connectivity index (χ1n) is 10.7. The van der Waals surface area contributed by atoms with Crippen LogP contribution in [0.15, 0.2) is 29.3 Å². The number of halogens is 6. The minimum Gasteiger partial charge on any atom is -0.320 e. The molecule has 1 fully saturated rings. The Morgan fingerprint density at radius 1 is 1.19 bits per heavy atom. The summed E-state index contributed by atoms with van der Waals surface area (Å²) in [5.41, 5.74) is -0.859. The van der Waals surface area contributed by atoms with Gasteiger partial charge in [0.1, 0.15) is 22.7 Å². The average Bonchev–Trinajstić information content (AvgIpc) is 3.04. The van der Waals surface area contributed by atoms with Crippen molar-refractivity contribution in [3.05, 3.63) is 41.2 Å². The lowest BCUT2D eigenvalue weighted by Crippen LogP contribution is -2.43. The van der Waals surface area contributed by atoms with E-state index in [1.54, 1.807) is 9.29 Å². The molecule has 1 aliphatic rings. The second-order valence-electron chi connectivity index (χ2n) is 8.55. The van der Waals surface area contributed by atoms with Gasteiger partial charge in [0.05, 0.1) is 28.2 Å². The fourth-order valence-electron chi connectivity index (χ4n) is 4.03. The highest BCUT2D eigenvalue weighted by atomic mass is 32.2. The molecular formula is C22H19F6N5O2S. The summed E-state index contributed by atoms with van der Waals surface area (Å²) in [7, 11) is -4.60. The molecule has 36 heavy (non-hydrogen) atoms. The van der Waals surface area contributed by atoms with Gasteiger partial charge >= 0.3 is 12.4 Å². The third kappa shape index (κ3) is 4.53. The number of aromatic nitrogens is 3. The summed E-state index contributed by atoms with van der Waals surface area (Å²) in [4.78, 5) is 7.73. The molecule has 0 spiro atoms. The zero-order chi connectivity index (χ0) is 26.6. The Kier molecular flexibility index (Phi) is 6.28. The third-order valence-electron chi connectivity index (χ3n) is 6.11. The van der Waals surface area contributed by atoms with Gasteiger partial charge in [0.25, 0.3) is 0 Å². The molecule has 4 rings (SSSR count). The molecule has 7 nitrogen and oxygen atoms in total. The van der Waals surface area contributed by atoms with Crippen LogP contribution in [0.3, 0.4) is 0 Å². The van der Waals surface area contributed by atoms with Gasteiger partial charge in [0, 0.05) is 17.6 Å². The molecule has 0 radical (unpaired) electrons. The van der Waals surface area contributed by atoms with Gasteiger partial charge < -0.3 is 4.57 Å². The van der Waals surface area contributed by atoms with Gasteiger partial charge in [0.15, 0.2) is 0 Å². The van der Waals surface area contributed by atoms with E-state index in [4.69, 9.17) is 0 Å². The molecule has 0 unspecified atom stereocenters. The molecule has 1 saturated carbocycles. The van der Waals surface area contributed by atoms with Gasteiger partial charge in [-0.3, -0.25) is 4.98 Å². The van der Waals surface area contributed by atoms with Crippen LogP contribution >= 0.6 is 0 Å². The quantitative estimate of drug-likeness (QED) is 0.453. The number of hydrogen-bond donors (Lipinski definition) is 1. The van der Waals surface area contributed by atoms with E-state index in [-0.39, 0.29) is 39.7 Å². The number of aryl methyl sites for hydroxylation is 1. The van der Waals surface area contributed by atoms with Crippen LogP contribution in [-0.2, 0) is 16.2 Å². The van der Waals surface area contributed by atoms with Crippen molar-refractivity contribution in [1.29, 1.82) is 5.26 Å². The fourth-order valence-corrected chi connectivity index (χ4v) is 5.44. The lowest BCUT2D eigenvalue weighted by molar-refractivity contribution is -0.147. The minimum absolute atomic E-state index is 0.0222. The van der Waals surface area contributed by atoms with E-state index in [1.807, 2.05) is 6.07 Å². The summed E-state index contributed by atoms with van der Waals surface area (Å²) in [6.07, 6.45) is -6.56. The molecule has 3 aromatic rings. The molecule has 0 aromatic carbocycles. The van der Waals surface area contributed by atoms with E-state index in [2.05, 4.69) is 9.97 Å². The Balaban J connectivity index is 1.88. The molecule has 0 amide bonds. The highest BCUT2D eigenvalue weighted by Crippen LogP contribution is 2.43. The van der Waals surface area contributed by atoms with Gasteiger partial charge in [-0.25, -0.2) is 13.4 Å². The van der Waals surface area contributed by atoms with E-state index in [1.165, 1.54) is 13.0 Å². The van der Waals surface area contributed by atoms with E-state index in [0.29, 0.717) is 26.0 Å². The van der Waals surface area contributed by atoms with Crippen molar-refractivity contribution in [2.24, 2.45) is 0 Å². The lowest BCUT2D eigenvalue weighted by atomic mass is 9.92. The number of fused-ring (bicyclic) bond motifs is 1. The van der Waals surface area contributed by atoms with Crippen molar-refractivity contribution in [3.8, 4) is 17.5 Å². The van der Waals surface area contributed by atoms with Gasteiger partial charge in [-0.05, 0) is 51.3 Å². The Hall–Kier alpha value is -3.18. The van der Waals surface area contributed by atoms with Crippen LogP contribution in [-0.4, -0.2) is 35.2 Å². The Morgan fingerprint density at radius 2 is 1.86 bits per heavy atom. The second-order valence-corrected chi connectivity index (χ2v) is 10.2. The van der Waals surface area contributed by atoms with Crippen LogP contribution in [0.5, 0.6) is 0 Å². The first-order chi connectivity index (χ1) is 16.6. The van der Waals surface area contributed by atoms with Gasteiger partial charge in [0.2, 0.25) is 10.0 Å². The standard InChI is InChI=1S/C22H19F6N5O2S/c1-11-18(36(34,35)32-12(2)21(23,24)25)7-6-17(31-11)19-16(9-29)15-8-13(22(26,27)28)10-30-20(15)33(19)14-4-3-5-14/h6-8,10,12,14,32H,3-5H2,1-2H3/t12-/m0/s1. The predicted octanol–water partition coefficient (Wildman–Crippen LogP) is 5.25.